The minimum absolute atomic E-state index is 0.0490. The van der Waals surface area contributed by atoms with E-state index in [0.717, 1.165) is 25.7 Å². The maximum absolute atomic E-state index is 13.2. The molecule has 8 nitrogen and oxygen atoms in total. The fourth-order valence-electron chi connectivity index (χ4n) is 4.63. The van der Waals surface area contributed by atoms with Gasteiger partial charge in [0.25, 0.3) is 5.91 Å². The second-order valence-electron chi connectivity index (χ2n) is 9.37. The van der Waals surface area contributed by atoms with Gasteiger partial charge >= 0.3 is 0 Å². The third-order valence-electron chi connectivity index (χ3n) is 6.95. The molecule has 0 heterocycles. The predicted octanol–water partition coefficient (Wildman–Crippen LogP) is 1.89. The summed E-state index contributed by atoms with van der Waals surface area (Å²) in [5.74, 6) is -2.38. The predicted molar refractivity (Wildman–Crippen MR) is 122 cm³/mol. The number of allylic oxidation sites excluding steroid dienone is 1. The van der Waals surface area contributed by atoms with Gasteiger partial charge in [0, 0.05) is 31.3 Å². The molecule has 0 spiro atoms. The largest absolute Gasteiger partial charge is 0.346 e. The number of unbranched alkanes of at least 4 members (excludes halogenated alkanes) is 2. The number of hydrogen-bond acceptors (Lipinski definition) is 5. The molecule has 0 unspecified atom stereocenters. The lowest BCUT2D eigenvalue weighted by atomic mass is 9.93. The van der Waals surface area contributed by atoms with Gasteiger partial charge in [-0.05, 0) is 51.4 Å². The molecule has 0 aromatic rings. The molecule has 0 aromatic carbocycles. The third kappa shape index (κ3) is 5.24. The summed E-state index contributed by atoms with van der Waals surface area (Å²) >= 11 is 0. The number of rotatable bonds is 12. The number of carbonyl (C=O) groups excluding carboxylic acids is 3. The fraction of sp³-hybridized carbons (Fsp3) is 0.696. The highest BCUT2D eigenvalue weighted by Gasteiger charge is 2.61. The first-order valence-corrected chi connectivity index (χ1v) is 13.1. The summed E-state index contributed by atoms with van der Waals surface area (Å²) < 4.78 is 26.6. The van der Waals surface area contributed by atoms with Crippen molar-refractivity contribution in [3.05, 3.63) is 25.3 Å². The van der Waals surface area contributed by atoms with Gasteiger partial charge < -0.3 is 10.2 Å². The van der Waals surface area contributed by atoms with Crippen molar-refractivity contribution in [2.75, 3.05) is 13.6 Å². The van der Waals surface area contributed by atoms with E-state index in [1.165, 1.54) is 0 Å². The summed E-state index contributed by atoms with van der Waals surface area (Å²) in [5, 5.41) is 2.28. The van der Waals surface area contributed by atoms with E-state index in [2.05, 4.69) is 23.2 Å². The van der Waals surface area contributed by atoms with Crippen LogP contribution in [-0.2, 0) is 24.4 Å². The van der Waals surface area contributed by atoms with Gasteiger partial charge in [-0.3, -0.25) is 19.1 Å². The quantitative estimate of drug-likeness (QED) is 0.338. The van der Waals surface area contributed by atoms with Crippen molar-refractivity contribution >= 4 is 27.7 Å². The number of sulfonamides is 1. The zero-order chi connectivity index (χ0) is 23.5. The van der Waals surface area contributed by atoms with Gasteiger partial charge in [0.15, 0.2) is 0 Å². The Kier molecular flexibility index (Phi) is 7.47. The van der Waals surface area contributed by atoms with Crippen molar-refractivity contribution in [1.82, 2.24) is 14.9 Å². The summed E-state index contributed by atoms with van der Waals surface area (Å²) in [7, 11) is -1.96. The van der Waals surface area contributed by atoms with Gasteiger partial charge in [0.1, 0.15) is 5.54 Å². The summed E-state index contributed by atoms with van der Waals surface area (Å²) in [5.41, 5.74) is -1.30. The van der Waals surface area contributed by atoms with E-state index in [0.29, 0.717) is 38.6 Å². The number of nitrogens with zero attached hydrogens (tertiary/aromatic N) is 1. The van der Waals surface area contributed by atoms with Gasteiger partial charge in [-0.25, -0.2) is 8.42 Å². The molecule has 0 saturated heterocycles. The number of nitrogens with one attached hydrogen (secondary N) is 2. The highest BCUT2D eigenvalue weighted by molar-refractivity contribution is 7.91. The Bertz CT molecular complexity index is 882. The van der Waals surface area contributed by atoms with E-state index < -0.39 is 38.6 Å². The summed E-state index contributed by atoms with van der Waals surface area (Å²) in [4.78, 5) is 40.7. The molecule has 3 amide bonds. The van der Waals surface area contributed by atoms with E-state index in [9.17, 15) is 22.8 Å². The van der Waals surface area contributed by atoms with Gasteiger partial charge in [-0.1, -0.05) is 18.6 Å². The van der Waals surface area contributed by atoms with Crippen LogP contribution in [0.5, 0.6) is 0 Å². The van der Waals surface area contributed by atoms with Crippen LogP contribution in [0.25, 0.3) is 0 Å². The van der Waals surface area contributed by atoms with Crippen molar-refractivity contribution in [3.8, 4) is 0 Å². The lowest BCUT2D eigenvalue weighted by Crippen LogP contribution is -2.54. The smallest absolute Gasteiger partial charge is 0.259 e. The molecule has 3 aliphatic carbocycles. The highest BCUT2D eigenvalue weighted by Crippen LogP contribution is 2.46. The zero-order valence-corrected chi connectivity index (χ0v) is 19.7. The molecule has 9 heteroatoms. The Morgan fingerprint density at radius 2 is 1.78 bits per heavy atom. The van der Waals surface area contributed by atoms with Crippen molar-refractivity contribution in [3.63, 3.8) is 0 Å². The summed E-state index contributed by atoms with van der Waals surface area (Å²) in [6, 6.07) is 0. The second kappa shape index (κ2) is 9.77. The van der Waals surface area contributed by atoms with Crippen molar-refractivity contribution in [1.29, 1.82) is 0 Å². The second-order valence-corrected chi connectivity index (χ2v) is 11.3. The average Bonchev–Trinajstić information content (AvgIpc) is 3.67. The average molecular weight is 466 g/mol. The maximum atomic E-state index is 13.2. The molecule has 3 saturated carbocycles. The van der Waals surface area contributed by atoms with Crippen LogP contribution >= 0.6 is 0 Å². The van der Waals surface area contributed by atoms with Crippen LogP contribution in [0.2, 0.25) is 0 Å². The van der Waals surface area contributed by atoms with Gasteiger partial charge in [0.2, 0.25) is 21.8 Å². The van der Waals surface area contributed by atoms with Gasteiger partial charge in [-0.15, -0.1) is 13.2 Å². The Morgan fingerprint density at radius 1 is 1.09 bits per heavy atom. The summed E-state index contributed by atoms with van der Waals surface area (Å²) in [6.45, 7) is 8.04. The molecule has 0 aromatic heterocycles. The minimum atomic E-state index is -3.72. The first kappa shape index (κ1) is 24.5. The molecule has 0 aliphatic heterocycles. The molecule has 3 aliphatic rings. The van der Waals surface area contributed by atoms with Crippen LogP contribution in [0.15, 0.2) is 25.3 Å². The van der Waals surface area contributed by atoms with Crippen molar-refractivity contribution in [2.45, 2.75) is 68.6 Å². The van der Waals surface area contributed by atoms with Crippen LogP contribution in [0, 0.1) is 17.8 Å². The molecular formula is C23H35N3O5S. The third-order valence-corrected chi connectivity index (χ3v) is 8.77. The molecular weight excluding hydrogens is 430 g/mol. The summed E-state index contributed by atoms with van der Waals surface area (Å²) in [6.07, 6.45) is 9.52. The van der Waals surface area contributed by atoms with Crippen molar-refractivity contribution in [2.24, 2.45) is 17.8 Å². The van der Waals surface area contributed by atoms with Crippen LogP contribution < -0.4 is 10.0 Å². The molecule has 4 atom stereocenters. The molecule has 0 bridgehead atoms. The topological polar surface area (TPSA) is 113 Å². The standard InChI is InChI=1S/C23H35N3O5S/c1-4-6-7-8-14-26(3)21(28)19-11-9-10-18(19)20(27)24-23(15-16(23)5-2)22(29)25-32(30,31)17-12-13-17/h4-5,16-19H,1-2,6-15H2,3H3,(H,24,27)(H,25,29)/t16-,18-,19-,23-/m1/s1. The molecule has 32 heavy (non-hydrogen) atoms. The van der Waals surface area contributed by atoms with E-state index in [4.69, 9.17) is 0 Å². The number of amides is 3. The van der Waals surface area contributed by atoms with Crippen LogP contribution in [0.1, 0.15) is 57.8 Å². The molecule has 2 N–H and O–H groups in total. The van der Waals surface area contributed by atoms with Crippen LogP contribution in [0.4, 0.5) is 0 Å². The molecule has 3 rings (SSSR count). The Hall–Kier alpha value is -2.16. The number of hydrogen-bond donors (Lipinski definition) is 2. The SMILES string of the molecule is C=CCCCCN(C)C(=O)[C@@H]1CCC[C@H]1C(=O)N[C@]1(C(=O)NS(=O)(=O)C2CC2)C[C@H]1C=C. The Labute approximate surface area is 190 Å². The molecule has 3 fully saturated rings. The number of carbonyl (C=O) groups is 3. The first-order chi connectivity index (χ1) is 15.2. The normalized spacial score (nSPS) is 29.1. The lowest BCUT2D eigenvalue weighted by Gasteiger charge is -2.26. The Balaban J connectivity index is 1.63. The lowest BCUT2D eigenvalue weighted by molar-refractivity contribution is -0.140. The highest BCUT2D eigenvalue weighted by atomic mass is 32.2. The zero-order valence-electron chi connectivity index (χ0n) is 18.8. The van der Waals surface area contributed by atoms with E-state index >= 15 is 0 Å². The Morgan fingerprint density at radius 3 is 2.38 bits per heavy atom. The van der Waals surface area contributed by atoms with Crippen LogP contribution in [-0.4, -0.2) is 55.4 Å². The van der Waals surface area contributed by atoms with Gasteiger partial charge in [-0.2, -0.15) is 0 Å². The molecule has 178 valence electrons. The first-order valence-electron chi connectivity index (χ1n) is 11.5. The molecule has 0 radical (unpaired) electrons. The van der Waals surface area contributed by atoms with Gasteiger partial charge in [0.05, 0.1) is 5.25 Å². The van der Waals surface area contributed by atoms with E-state index in [-0.39, 0.29) is 17.7 Å². The monoisotopic (exact) mass is 465 g/mol. The maximum Gasteiger partial charge on any atom is 0.259 e. The van der Waals surface area contributed by atoms with Crippen LogP contribution in [0.3, 0.4) is 0 Å². The fourth-order valence-corrected chi connectivity index (χ4v) is 5.99. The van der Waals surface area contributed by atoms with Crippen molar-refractivity contribution < 1.29 is 22.8 Å². The minimum Gasteiger partial charge on any atom is -0.346 e. The van der Waals surface area contributed by atoms with E-state index in [1.54, 1.807) is 18.0 Å². The van der Waals surface area contributed by atoms with E-state index in [1.807, 2.05) is 6.08 Å².